The fourth-order valence-electron chi connectivity index (χ4n) is 2.71. The van der Waals surface area contributed by atoms with E-state index in [-0.39, 0.29) is 12.2 Å². The van der Waals surface area contributed by atoms with Crippen LogP contribution in [0.2, 0.25) is 5.02 Å². The van der Waals surface area contributed by atoms with Crippen molar-refractivity contribution in [2.45, 2.75) is 18.8 Å². The molecule has 0 aliphatic rings. The van der Waals surface area contributed by atoms with Crippen LogP contribution in [0.25, 0.3) is 11.3 Å². The number of benzene rings is 2. The molecule has 1 atom stereocenters. The number of nitrogens with one attached hydrogen (secondary N) is 1. The van der Waals surface area contributed by atoms with Gasteiger partial charge in [-0.1, -0.05) is 29.8 Å². The van der Waals surface area contributed by atoms with Crippen LogP contribution in [0.15, 0.2) is 54.9 Å². The van der Waals surface area contributed by atoms with Gasteiger partial charge in [-0.25, -0.2) is 9.97 Å². The van der Waals surface area contributed by atoms with Gasteiger partial charge in [-0.2, -0.15) is 18.4 Å². The summed E-state index contributed by atoms with van der Waals surface area (Å²) in [6, 6.07) is 13.7. The van der Waals surface area contributed by atoms with Gasteiger partial charge in [0.05, 0.1) is 27.9 Å². The molecule has 0 spiro atoms. The predicted molar refractivity (Wildman–Crippen MR) is 102 cm³/mol. The molecule has 0 fully saturated rings. The molecule has 148 valence electrons. The van der Waals surface area contributed by atoms with E-state index in [0.29, 0.717) is 16.8 Å². The molecule has 2 aromatic carbocycles. The Morgan fingerprint density at radius 1 is 1.14 bits per heavy atom. The van der Waals surface area contributed by atoms with Gasteiger partial charge in [0, 0.05) is 18.1 Å². The van der Waals surface area contributed by atoms with Crippen molar-refractivity contribution in [1.82, 2.24) is 9.97 Å². The van der Waals surface area contributed by atoms with Crippen LogP contribution < -0.4 is 5.32 Å². The first-order chi connectivity index (χ1) is 13.8. The van der Waals surface area contributed by atoms with Crippen LogP contribution in [-0.2, 0) is 12.6 Å². The van der Waals surface area contributed by atoms with Gasteiger partial charge in [0.2, 0.25) is 0 Å². The molecule has 0 saturated heterocycles. The molecule has 5 nitrogen and oxygen atoms in total. The summed E-state index contributed by atoms with van der Waals surface area (Å²) in [5, 5.41) is 21.6. The average molecular weight is 419 g/mol. The minimum atomic E-state index is -4.54. The highest BCUT2D eigenvalue weighted by molar-refractivity contribution is 6.31. The molecular weight excluding hydrogens is 405 g/mol. The molecule has 29 heavy (non-hydrogen) atoms. The molecule has 9 heteroatoms. The van der Waals surface area contributed by atoms with E-state index in [0.717, 1.165) is 11.6 Å². The normalized spacial score (nSPS) is 12.3. The third-order valence-electron chi connectivity index (χ3n) is 4.04. The summed E-state index contributed by atoms with van der Waals surface area (Å²) in [5.74, 6) is 0.287. The lowest BCUT2D eigenvalue weighted by molar-refractivity contribution is -0.137. The first kappa shape index (κ1) is 20.6. The molecule has 1 unspecified atom stereocenters. The summed E-state index contributed by atoms with van der Waals surface area (Å²) < 4.78 is 38.6. The van der Waals surface area contributed by atoms with E-state index < -0.39 is 23.0 Å². The summed E-state index contributed by atoms with van der Waals surface area (Å²) in [6.45, 7) is 0. The number of alkyl halides is 3. The summed E-state index contributed by atoms with van der Waals surface area (Å²) in [6.07, 6.45) is -4.09. The monoisotopic (exact) mass is 418 g/mol. The molecule has 3 rings (SSSR count). The third kappa shape index (κ3) is 5.22. The lowest BCUT2D eigenvalue weighted by Gasteiger charge is -2.14. The minimum absolute atomic E-state index is 0.223. The fraction of sp³-hybridized carbons (Fsp3) is 0.150. The van der Waals surface area contributed by atoms with Crippen LogP contribution in [0.5, 0.6) is 0 Å². The van der Waals surface area contributed by atoms with E-state index in [2.05, 4.69) is 15.3 Å². The molecule has 2 N–H and O–H groups in total. The lowest BCUT2D eigenvalue weighted by atomic mass is 10.1. The number of aromatic nitrogens is 2. The van der Waals surface area contributed by atoms with Crippen LogP contribution in [-0.4, -0.2) is 21.3 Å². The first-order valence-electron chi connectivity index (χ1n) is 8.39. The third-order valence-corrected chi connectivity index (χ3v) is 4.35. The summed E-state index contributed by atoms with van der Waals surface area (Å²) in [5.41, 5.74) is 1.04. The fourth-order valence-corrected chi connectivity index (χ4v) is 3.00. The van der Waals surface area contributed by atoms with Gasteiger partial charge >= 0.3 is 6.18 Å². The van der Waals surface area contributed by atoms with Gasteiger partial charge in [0.1, 0.15) is 18.4 Å². The van der Waals surface area contributed by atoms with Crippen LogP contribution >= 0.6 is 11.6 Å². The van der Waals surface area contributed by atoms with E-state index in [1.54, 1.807) is 24.3 Å². The highest BCUT2D eigenvalue weighted by atomic mass is 35.5. The van der Waals surface area contributed by atoms with Crippen molar-refractivity contribution in [2.24, 2.45) is 0 Å². The number of hydrogen-bond acceptors (Lipinski definition) is 5. The minimum Gasteiger partial charge on any atom is -0.373 e. The highest BCUT2D eigenvalue weighted by Crippen LogP contribution is 2.36. The largest absolute Gasteiger partial charge is 0.417 e. The maximum absolute atomic E-state index is 12.9. The maximum Gasteiger partial charge on any atom is 0.417 e. The quantitative estimate of drug-likeness (QED) is 0.589. The number of nitriles is 1. The zero-order valence-electron chi connectivity index (χ0n) is 14.8. The van der Waals surface area contributed by atoms with E-state index in [9.17, 15) is 18.3 Å². The Morgan fingerprint density at radius 2 is 1.93 bits per heavy atom. The number of rotatable bonds is 5. The van der Waals surface area contributed by atoms with E-state index in [4.69, 9.17) is 16.9 Å². The Hall–Kier alpha value is -3.15. The van der Waals surface area contributed by atoms with Crippen LogP contribution in [0.3, 0.4) is 0 Å². The van der Waals surface area contributed by atoms with Gasteiger partial charge in [-0.15, -0.1) is 0 Å². The molecule has 0 radical (unpaired) electrons. The van der Waals surface area contributed by atoms with Gasteiger partial charge in [-0.3, -0.25) is 0 Å². The number of nitrogens with zero attached hydrogens (tertiary/aromatic N) is 3. The first-order valence-corrected chi connectivity index (χ1v) is 8.77. The second-order valence-electron chi connectivity index (χ2n) is 6.16. The van der Waals surface area contributed by atoms with Crippen LogP contribution in [0, 0.1) is 11.3 Å². The molecule has 1 heterocycles. The van der Waals surface area contributed by atoms with E-state index in [1.807, 2.05) is 6.07 Å². The van der Waals surface area contributed by atoms with Crippen molar-refractivity contribution >= 4 is 17.4 Å². The Morgan fingerprint density at radius 3 is 2.62 bits per heavy atom. The summed E-state index contributed by atoms with van der Waals surface area (Å²) >= 11 is 5.76. The van der Waals surface area contributed by atoms with Crippen molar-refractivity contribution in [1.29, 1.82) is 5.26 Å². The second-order valence-corrected chi connectivity index (χ2v) is 6.56. The topological polar surface area (TPSA) is 81.8 Å². The molecule has 0 aliphatic heterocycles. The summed E-state index contributed by atoms with van der Waals surface area (Å²) in [7, 11) is 0. The van der Waals surface area contributed by atoms with Crippen LogP contribution in [0.1, 0.15) is 16.7 Å². The Labute approximate surface area is 169 Å². The van der Waals surface area contributed by atoms with Gasteiger partial charge < -0.3 is 10.4 Å². The Kier molecular flexibility index (Phi) is 6.01. The van der Waals surface area contributed by atoms with Crippen LogP contribution in [0.4, 0.5) is 19.0 Å². The van der Waals surface area contributed by atoms with Crippen molar-refractivity contribution < 1.29 is 18.3 Å². The van der Waals surface area contributed by atoms with E-state index in [1.165, 1.54) is 24.5 Å². The van der Waals surface area contributed by atoms with E-state index >= 15 is 0 Å². The number of aliphatic hydroxyl groups excluding tert-OH is 1. The number of aliphatic hydroxyl groups is 1. The van der Waals surface area contributed by atoms with Gasteiger partial charge in [0.25, 0.3) is 0 Å². The number of halogens is 4. The lowest BCUT2D eigenvalue weighted by Crippen LogP contribution is -2.22. The smallest absolute Gasteiger partial charge is 0.373 e. The van der Waals surface area contributed by atoms with Gasteiger partial charge in [0.15, 0.2) is 0 Å². The Bertz CT molecular complexity index is 1070. The maximum atomic E-state index is 12.9. The van der Waals surface area contributed by atoms with Crippen molar-refractivity contribution in [3.05, 3.63) is 76.6 Å². The molecule has 1 aromatic heterocycles. The highest BCUT2D eigenvalue weighted by Gasteiger charge is 2.33. The van der Waals surface area contributed by atoms with Gasteiger partial charge in [-0.05, 0) is 29.8 Å². The molecule has 0 amide bonds. The summed E-state index contributed by atoms with van der Waals surface area (Å²) in [4.78, 5) is 8.06. The number of hydrogen-bond donors (Lipinski definition) is 2. The zero-order valence-corrected chi connectivity index (χ0v) is 15.5. The predicted octanol–water partition coefficient (Wildman–Crippen LogP) is 4.66. The average Bonchev–Trinajstić information content (AvgIpc) is 2.67. The molecule has 3 aromatic rings. The standard InChI is InChI=1S/C20H14ClF3N4O/c21-16-8-14(4-5-15(16)20(22,23)24)17-9-18(27-11-26-17)28-19(29)7-12-2-1-3-13(6-12)10-25/h1-6,8-9,11,19,29H,7H2,(H,26,27,28). The zero-order chi connectivity index (χ0) is 21.0. The molecular formula is C20H14ClF3N4O. The molecule has 0 bridgehead atoms. The molecule has 0 aliphatic carbocycles. The number of anilines is 1. The van der Waals surface area contributed by atoms with Crippen molar-refractivity contribution in [3.8, 4) is 17.3 Å². The second kappa shape index (κ2) is 8.47. The van der Waals surface area contributed by atoms with Crippen molar-refractivity contribution in [2.75, 3.05) is 5.32 Å². The molecule has 0 saturated carbocycles. The Balaban J connectivity index is 1.76. The SMILES string of the molecule is N#Cc1cccc(CC(O)Nc2cc(-c3ccc(C(F)(F)F)c(Cl)c3)ncn2)c1. The van der Waals surface area contributed by atoms with Crippen molar-refractivity contribution in [3.63, 3.8) is 0 Å².